The quantitative estimate of drug-likeness (QED) is 0.464. The number of nitrogens with zero attached hydrogens (tertiary/aromatic N) is 5. The molecular formula is C19H16FN5O3S. The van der Waals surface area contributed by atoms with Crippen molar-refractivity contribution in [1.82, 2.24) is 24.3 Å². The number of methoxy groups -OCH3 is 1. The van der Waals surface area contributed by atoms with E-state index in [1.807, 2.05) is 0 Å². The molecule has 0 amide bonds. The Morgan fingerprint density at radius 3 is 2.52 bits per heavy atom. The van der Waals surface area contributed by atoms with Crippen LogP contribution in [0.25, 0.3) is 28.3 Å². The fourth-order valence-corrected chi connectivity index (χ4v) is 3.49. The summed E-state index contributed by atoms with van der Waals surface area (Å²) >= 11 is 0. The summed E-state index contributed by atoms with van der Waals surface area (Å²) in [7, 11) is -2.05. The Morgan fingerprint density at radius 2 is 1.83 bits per heavy atom. The van der Waals surface area contributed by atoms with Crippen LogP contribution < -0.4 is 0 Å². The van der Waals surface area contributed by atoms with Gasteiger partial charge in [0.2, 0.25) is 15.0 Å². The average molecular weight is 413 g/mol. The van der Waals surface area contributed by atoms with E-state index in [-0.39, 0.29) is 17.6 Å². The van der Waals surface area contributed by atoms with Crippen LogP contribution in [-0.2, 0) is 21.2 Å². The van der Waals surface area contributed by atoms with E-state index in [1.165, 1.54) is 18.3 Å². The number of sulfone groups is 1. The van der Waals surface area contributed by atoms with Gasteiger partial charge in [-0.05, 0) is 30.3 Å². The third-order valence-electron chi connectivity index (χ3n) is 4.22. The molecule has 0 N–H and O–H groups in total. The molecule has 3 heterocycles. The van der Waals surface area contributed by atoms with Gasteiger partial charge in [-0.1, -0.05) is 0 Å². The van der Waals surface area contributed by atoms with Crippen molar-refractivity contribution in [3.63, 3.8) is 0 Å². The first kappa shape index (κ1) is 19.1. The lowest BCUT2D eigenvalue weighted by Crippen LogP contribution is -2.05. The Kier molecular flexibility index (Phi) is 4.81. The fraction of sp³-hybridized carbons (Fsp3) is 0.158. The zero-order valence-corrected chi connectivity index (χ0v) is 16.4. The highest BCUT2D eigenvalue weighted by Gasteiger charge is 2.21. The van der Waals surface area contributed by atoms with Crippen molar-refractivity contribution in [3.05, 3.63) is 60.4 Å². The van der Waals surface area contributed by atoms with Gasteiger partial charge in [-0.15, -0.1) is 0 Å². The molecule has 3 aromatic heterocycles. The topological polar surface area (TPSA) is 99.3 Å². The minimum Gasteiger partial charge on any atom is -0.378 e. The largest absolute Gasteiger partial charge is 0.378 e. The van der Waals surface area contributed by atoms with Crippen molar-refractivity contribution < 1.29 is 17.5 Å². The van der Waals surface area contributed by atoms with E-state index < -0.39 is 9.84 Å². The third kappa shape index (κ3) is 3.59. The van der Waals surface area contributed by atoms with Gasteiger partial charge in [0.25, 0.3) is 0 Å². The van der Waals surface area contributed by atoms with Crippen LogP contribution in [0.3, 0.4) is 0 Å². The molecule has 8 nitrogen and oxygen atoms in total. The molecule has 0 bridgehead atoms. The Bertz CT molecular complexity index is 1300. The van der Waals surface area contributed by atoms with Crippen LogP contribution in [0.15, 0.2) is 54.1 Å². The number of fused-ring (bicyclic) bond motifs is 1. The lowest BCUT2D eigenvalue weighted by Gasteiger charge is -2.07. The Hall–Kier alpha value is -3.24. The third-order valence-corrected chi connectivity index (χ3v) is 5.08. The molecule has 0 saturated carbocycles. The first-order valence-corrected chi connectivity index (χ1v) is 10.4. The average Bonchev–Trinajstić information content (AvgIpc) is 3.09. The van der Waals surface area contributed by atoms with E-state index in [9.17, 15) is 12.8 Å². The number of benzene rings is 1. The van der Waals surface area contributed by atoms with E-state index in [2.05, 4.69) is 19.9 Å². The van der Waals surface area contributed by atoms with Crippen molar-refractivity contribution in [1.29, 1.82) is 0 Å². The fourth-order valence-electron chi connectivity index (χ4n) is 2.97. The van der Waals surface area contributed by atoms with Crippen LogP contribution >= 0.6 is 0 Å². The van der Waals surface area contributed by atoms with Gasteiger partial charge in [0.05, 0.1) is 23.7 Å². The smallest absolute Gasteiger partial charge is 0.247 e. The monoisotopic (exact) mass is 413 g/mol. The van der Waals surface area contributed by atoms with Gasteiger partial charge < -0.3 is 4.74 Å². The highest BCUT2D eigenvalue weighted by molar-refractivity contribution is 7.90. The number of hydrogen-bond donors (Lipinski definition) is 0. The zero-order valence-electron chi connectivity index (χ0n) is 15.6. The molecule has 0 aliphatic carbocycles. The van der Waals surface area contributed by atoms with Gasteiger partial charge in [-0.25, -0.2) is 27.8 Å². The Labute approximate surface area is 166 Å². The second kappa shape index (κ2) is 7.30. The normalized spacial score (nSPS) is 11.8. The maximum absolute atomic E-state index is 13.4. The summed E-state index contributed by atoms with van der Waals surface area (Å²) in [6.07, 6.45) is 5.72. The number of ether oxygens (including phenoxy) is 1. The zero-order chi connectivity index (χ0) is 20.6. The summed E-state index contributed by atoms with van der Waals surface area (Å²) < 4.78 is 44.3. The van der Waals surface area contributed by atoms with Crippen LogP contribution in [0.4, 0.5) is 4.39 Å². The van der Waals surface area contributed by atoms with Crippen LogP contribution in [0.5, 0.6) is 0 Å². The molecule has 0 saturated heterocycles. The second-order valence-electron chi connectivity index (χ2n) is 6.31. The molecule has 0 unspecified atom stereocenters. The number of aromatic nitrogens is 5. The SMILES string of the molecule is COCc1nccn2c(-c3ccnc(S(C)(=O)=O)n3)c(-c3ccc(F)cc3)nc12. The van der Waals surface area contributed by atoms with E-state index in [0.29, 0.717) is 34.0 Å². The van der Waals surface area contributed by atoms with Gasteiger partial charge >= 0.3 is 0 Å². The van der Waals surface area contributed by atoms with Gasteiger partial charge in [-0.3, -0.25) is 9.38 Å². The molecule has 148 valence electrons. The van der Waals surface area contributed by atoms with Crippen LogP contribution in [0.2, 0.25) is 0 Å². The number of rotatable bonds is 5. The van der Waals surface area contributed by atoms with Gasteiger partial charge in [0, 0.05) is 37.5 Å². The molecule has 0 aliphatic rings. The molecule has 0 aliphatic heterocycles. The van der Waals surface area contributed by atoms with E-state index in [0.717, 1.165) is 6.26 Å². The van der Waals surface area contributed by atoms with Crippen molar-refractivity contribution in [2.45, 2.75) is 11.8 Å². The minimum absolute atomic E-state index is 0.238. The highest BCUT2D eigenvalue weighted by Crippen LogP contribution is 2.32. The maximum Gasteiger partial charge on any atom is 0.247 e. The number of halogens is 1. The van der Waals surface area contributed by atoms with Crippen molar-refractivity contribution in [3.8, 4) is 22.6 Å². The van der Waals surface area contributed by atoms with Crippen LogP contribution in [0.1, 0.15) is 5.69 Å². The minimum atomic E-state index is -3.60. The van der Waals surface area contributed by atoms with Gasteiger partial charge in [0.15, 0.2) is 5.65 Å². The predicted molar refractivity (Wildman–Crippen MR) is 103 cm³/mol. The summed E-state index contributed by atoms with van der Waals surface area (Å²) in [6.45, 7) is 0.238. The summed E-state index contributed by atoms with van der Waals surface area (Å²) in [4.78, 5) is 17.1. The lowest BCUT2D eigenvalue weighted by molar-refractivity contribution is 0.182. The van der Waals surface area contributed by atoms with E-state index in [1.54, 1.807) is 42.1 Å². The molecule has 29 heavy (non-hydrogen) atoms. The number of imidazole rings is 1. The maximum atomic E-state index is 13.4. The summed E-state index contributed by atoms with van der Waals surface area (Å²) in [6, 6.07) is 7.46. The summed E-state index contributed by atoms with van der Waals surface area (Å²) in [5.41, 5.74) is 3.19. The molecular weight excluding hydrogens is 397 g/mol. The molecule has 0 radical (unpaired) electrons. The summed E-state index contributed by atoms with van der Waals surface area (Å²) in [5.74, 6) is -0.373. The molecule has 0 fully saturated rings. The van der Waals surface area contributed by atoms with Gasteiger partial charge in [0.1, 0.15) is 11.5 Å². The molecule has 10 heteroatoms. The highest BCUT2D eigenvalue weighted by atomic mass is 32.2. The van der Waals surface area contributed by atoms with Crippen molar-refractivity contribution in [2.24, 2.45) is 0 Å². The van der Waals surface area contributed by atoms with Crippen LogP contribution in [-0.4, -0.2) is 46.1 Å². The summed E-state index contributed by atoms with van der Waals surface area (Å²) in [5, 5.41) is -0.291. The molecule has 1 aromatic carbocycles. The van der Waals surface area contributed by atoms with E-state index in [4.69, 9.17) is 4.74 Å². The van der Waals surface area contributed by atoms with Gasteiger partial charge in [-0.2, -0.15) is 0 Å². The molecule has 0 atom stereocenters. The first-order valence-electron chi connectivity index (χ1n) is 8.53. The molecule has 4 rings (SSSR count). The van der Waals surface area contributed by atoms with Crippen LogP contribution in [0, 0.1) is 5.82 Å². The lowest BCUT2D eigenvalue weighted by atomic mass is 10.1. The number of hydrogen-bond acceptors (Lipinski definition) is 7. The standard InChI is InChI=1S/C19H16FN5O3S/c1-28-11-15-18-24-16(12-3-5-13(20)6-4-12)17(25(18)10-9-21-15)14-7-8-22-19(23-14)29(2,26)27/h3-10H,11H2,1-2H3. The molecule has 4 aromatic rings. The Morgan fingerprint density at radius 1 is 1.07 bits per heavy atom. The molecule has 0 spiro atoms. The van der Waals surface area contributed by atoms with E-state index >= 15 is 0 Å². The Balaban J connectivity index is 2.05. The first-order chi connectivity index (χ1) is 13.9. The van der Waals surface area contributed by atoms with Crippen molar-refractivity contribution >= 4 is 15.5 Å². The predicted octanol–water partition coefficient (Wildman–Crippen LogP) is 2.54. The second-order valence-corrected chi connectivity index (χ2v) is 8.22. The van der Waals surface area contributed by atoms with Crippen molar-refractivity contribution in [2.75, 3.05) is 13.4 Å².